The molecule has 15 heavy (non-hydrogen) atoms. The number of hydrogen-bond acceptors (Lipinski definition) is 4. The number of anilines is 1. The Balaban J connectivity index is 3.34. The highest BCUT2D eigenvalue weighted by atomic mass is 19.3. The fourth-order valence-corrected chi connectivity index (χ4v) is 1.22. The Hall–Kier alpha value is -1.90. The van der Waals surface area contributed by atoms with Gasteiger partial charge in [0, 0.05) is 0 Å². The Morgan fingerprint density at radius 2 is 2.33 bits per heavy atom. The Labute approximate surface area is 85.3 Å². The third kappa shape index (κ3) is 2.31. The van der Waals surface area contributed by atoms with Crippen molar-refractivity contribution < 1.29 is 13.5 Å². The standard InChI is InChI=1S/C9H9F2N3O/c1-15-9-7(8(10)11)5(2-3-12)4-6(13)14-9/h4,8H,2H2,1H3,(H2,13,14). The molecule has 0 bridgehead atoms. The first-order valence-electron chi connectivity index (χ1n) is 4.08. The summed E-state index contributed by atoms with van der Waals surface area (Å²) in [5.41, 5.74) is 5.17. The van der Waals surface area contributed by atoms with Crippen molar-refractivity contribution in [1.82, 2.24) is 4.98 Å². The van der Waals surface area contributed by atoms with Crippen molar-refractivity contribution in [3.8, 4) is 11.9 Å². The molecule has 80 valence electrons. The van der Waals surface area contributed by atoms with E-state index >= 15 is 0 Å². The number of nitriles is 1. The average molecular weight is 213 g/mol. The van der Waals surface area contributed by atoms with Crippen molar-refractivity contribution in [3.63, 3.8) is 0 Å². The molecule has 0 atom stereocenters. The maximum Gasteiger partial charge on any atom is 0.269 e. The summed E-state index contributed by atoms with van der Waals surface area (Å²) in [4.78, 5) is 3.62. The summed E-state index contributed by atoms with van der Waals surface area (Å²) in [6.07, 6.45) is -2.89. The van der Waals surface area contributed by atoms with E-state index in [0.717, 1.165) is 0 Å². The van der Waals surface area contributed by atoms with E-state index in [1.54, 1.807) is 6.07 Å². The predicted octanol–water partition coefficient (Wildman–Crippen LogP) is 1.68. The first-order chi connectivity index (χ1) is 7.10. The van der Waals surface area contributed by atoms with E-state index in [-0.39, 0.29) is 29.2 Å². The summed E-state index contributed by atoms with van der Waals surface area (Å²) in [6, 6.07) is 3.04. The quantitative estimate of drug-likeness (QED) is 0.828. The lowest BCUT2D eigenvalue weighted by Gasteiger charge is -2.11. The molecule has 1 heterocycles. The molecule has 0 amide bonds. The van der Waals surface area contributed by atoms with Gasteiger partial charge < -0.3 is 10.5 Å². The summed E-state index contributed by atoms with van der Waals surface area (Å²) >= 11 is 0. The molecule has 0 aliphatic heterocycles. The van der Waals surface area contributed by atoms with Crippen LogP contribution in [0.2, 0.25) is 0 Å². The second-order valence-electron chi connectivity index (χ2n) is 2.76. The van der Waals surface area contributed by atoms with Crippen LogP contribution < -0.4 is 10.5 Å². The lowest BCUT2D eigenvalue weighted by molar-refractivity contribution is 0.145. The number of rotatable bonds is 3. The van der Waals surface area contributed by atoms with E-state index in [1.807, 2.05) is 0 Å². The molecular weight excluding hydrogens is 204 g/mol. The molecule has 4 nitrogen and oxygen atoms in total. The van der Waals surface area contributed by atoms with Crippen LogP contribution in [-0.4, -0.2) is 12.1 Å². The molecule has 1 rings (SSSR count). The maximum atomic E-state index is 12.7. The highest BCUT2D eigenvalue weighted by molar-refractivity contribution is 5.46. The molecular formula is C9H9F2N3O. The van der Waals surface area contributed by atoms with Crippen molar-refractivity contribution in [3.05, 3.63) is 17.2 Å². The molecule has 0 saturated heterocycles. The number of nitrogens with zero attached hydrogens (tertiary/aromatic N) is 2. The number of pyridine rings is 1. The highest BCUT2D eigenvalue weighted by Crippen LogP contribution is 2.32. The number of halogens is 2. The number of ether oxygens (including phenoxy) is 1. The van der Waals surface area contributed by atoms with Crippen LogP contribution in [0.1, 0.15) is 17.6 Å². The molecule has 1 aromatic rings. The van der Waals surface area contributed by atoms with Gasteiger partial charge in [0.1, 0.15) is 5.82 Å². The van der Waals surface area contributed by atoms with Crippen LogP contribution >= 0.6 is 0 Å². The van der Waals surface area contributed by atoms with E-state index in [9.17, 15) is 8.78 Å². The number of nitrogen functional groups attached to an aromatic ring is 1. The molecule has 1 aromatic heterocycles. The van der Waals surface area contributed by atoms with E-state index in [0.29, 0.717) is 0 Å². The van der Waals surface area contributed by atoms with Gasteiger partial charge in [-0.2, -0.15) is 10.2 Å². The Morgan fingerprint density at radius 3 is 2.80 bits per heavy atom. The monoisotopic (exact) mass is 213 g/mol. The van der Waals surface area contributed by atoms with Gasteiger partial charge in [0.2, 0.25) is 5.88 Å². The van der Waals surface area contributed by atoms with E-state index in [1.165, 1.54) is 13.2 Å². The number of alkyl halides is 2. The fourth-order valence-electron chi connectivity index (χ4n) is 1.22. The molecule has 0 fully saturated rings. The molecule has 0 unspecified atom stereocenters. The van der Waals surface area contributed by atoms with E-state index in [4.69, 9.17) is 15.7 Å². The first-order valence-corrected chi connectivity index (χ1v) is 4.08. The Bertz CT molecular complexity index is 401. The zero-order chi connectivity index (χ0) is 11.4. The molecule has 2 N–H and O–H groups in total. The van der Waals surface area contributed by atoms with Gasteiger partial charge in [0.05, 0.1) is 25.2 Å². The van der Waals surface area contributed by atoms with Crippen LogP contribution in [0.4, 0.5) is 14.6 Å². The summed E-state index contributed by atoms with van der Waals surface area (Å²) in [5.74, 6) is -0.170. The summed E-state index contributed by atoms with van der Waals surface area (Å²) in [6.45, 7) is 0. The minimum Gasteiger partial charge on any atom is -0.481 e. The molecule has 0 spiro atoms. The predicted molar refractivity (Wildman–Crippen MR) is 49.5 cm³/mol. The Kier molecular flexibility index (Phi) is 3.39. The van der Waals surface area contributed by atoms with Crippen LogP contribution in [-0.2, 0) is 6.42 Å². The second kappa shape index (κ2) is 4.55. The van der Waals surface area contributed by atoms with Gasteiger partial charge >= 0.3 is 0 Å². The van der Waals surface area contributed by atoms with Gasteiger partial charge in [-0.1, -0.05) is 0 Å². The fraction of sp³-hybridized carbons (Fsp3) is 0.333. The van der Waals surface area contributed by atoms with Gasteiger partial charge in [-0.15, -0.1) is 0 Å². The van der Waals surface area contributed by atoms with Crippen molar-refractivity contribution in [1.29, 1.82) is 5.26 Å². The van der Waals surface area contributed by atoms with Gasteiger partial charge in [-0.3, -0.25) is 0 Å². The van der Waals surface area contributed by atoms with Crippen LogP contribution in [0, 0.1) is 11.3 Å². The minimum atomic E-state index is -2.74. The van der Waals surface area contributed by atoms with Gasteiger partial charge in [0.15, 0.2) is 0 Å². The highest BCUT2D eigenvalue weighted by Gasteiger charge is 2.20. The number of aromatic nitrogens is 1. The van der Waals surface area contributed by atoms with Crippen LogP contribution in [0.3, 0.4) is 0 Å². The lowest BCUT2D eigenvalue weighted by Crippen LogP contribution is -2.04. The zero-order valence-corrected chi connectivity index (χ0v) is 8.00. The van der Waals surface area contributed by atoms with E-state index in [2.05, 4.69) is 4.98 Å². The number of hydrogen-bond donors (Lipinski definition) is 1. The minimum absolute atomic E-state index is 0.0569. The summed E-state index contributed by atoms with van der Waals surface area (Å²) in [7, 11) is 1.23. The third-order valence-corrected chi connectivity index (χ3v) is 1.81. The van der Waals surface area contributed by atoms with Crippen molar-refractivity contribution in [2.75, 3.05) is 12.8 Å². The molecule has 0 radical (unpaired) electrons. The van der Waals surface area contributed by atoms with Crippen LogP contribution in [0.5, 0.6) is 5.88 Å². The zero-order valence-electron chi connectivity index (χ0n) is 8.00. The average Bonchev–Trinajstić information content (AvgIpc) is 2.16. The topological polar surface area (TPSA) is 71.9 Å². The van der Waals surface area contributed by atoms with E-state index < -0.39 is 6.43 Å². The molecule has 0 aliphatic carbocycles. The number of methoxy groups -OCH3 is 1. The molecule has 0 aliphatic rings. The normalized spacial score (nSPS) is 10.1. The van der Waals surface area contributed by atoms with Crippen LogP contribution in [0.25, 0.3) is 0 Å². The smallest absolute Gasteiger partial charge is 0.269 e. The van der Waals surface area contributed by atoms with Crippen molar-refractivity contribution in [2.45, 2.75) is 12.8 Å². The SMILES string of the molecule is COc1nc(N)cc(CC#N)c1C(F)F. The third-order valence-electron chi connectivity index (χ3n) is 1.81. The van der Waals surface area contributed by atoms with Gasteiger partial charge in [-0.25, -0.2) is 8.78 Å². The van der Waals surface area contributed by atoms with Gasteiger partial charge in [0.25, 0.3) is 6.43 Å². The first kappa shape index (κ1) is 11.2. The number of nitrogens with two attached hydrogens (primary N) is 1. The molecule has 0 aromatic carbocycles. The molecule has 6 heteroatoms. The van der Waals surface area contributed by atoms with Crippen LogP contribution in [0.15, 0.2) is 6.07 Å². The van der Waals surface area contributed by atoms with Crippen molar-refractivity contribution in [2.24, 2.45) is 0 Å². The van der Waals surface area contributed by atoms with Gasteiger partial charge in [-0.05, 0) is 11.6 Å². The molecule has 0 saturated carbocycles. The second-order valence-corrected chi connectivity index (χ2v) is 2.76. The summed E-state index contributed by atoms with van der Waals surface area (Å²) in [5, 5.41) is 8.48. The van der Waals surface area contributed by atoms with Crippen molar-refractivity contribution >= 4 is 5.82 Å². The summed E-state index contributed by atoms with van der Waals surface area (Å²) < 4.78 is 30.0. The maximum absolute atomic E-state index is 12.7. The lowest BCUT2D eigenvalue weighted by atomic mass is 10.1. The Morgan fingerprint density at radius 1 is 1.67 bits per heavy atom. The largest absolute Gasteiger partial charge is 0.481 e.